The lowest BCUT2D eigenvalue weighted by Crippen LogP contribution is -1.96. The van der Waals surface area contributed by atoms with Crippen molar-refractivity contribution in [2.45, 2.75) is 19.2 Å². The average Bonchev–Trinajstić information content (AvgIpc) is 3.35. The summed E-state index contributed by atoms with van der Waals surface area (Å²) >= 11 is 5.20. The highest BCUT2D eigenvalue weighted by Crippen LogP contribution is 2.46. The van der Waals surface area contributed by atoms with E-state index in [-0.39, 0.29) is 10.5 Å². The van der Waals surface area contributed by atoms with Crippen molar-refractivity contribution in [1.29, 1.82) is 0 Å². The molecule has 0 N–H and O–H groups in total. The summed E-state index contributed by atoms with van der Waals surface area (Å²) < 4.78 is 1.96. The van der Waals surface area contributed by atoms with Gasteiger partial charge in [0.05, 0.1) is 10.5 Å². The van der Waals surface area contributed by atoms with Crippen LogP contribution >= 0.6 is 34.9 Å². The number of hydrogen-bond acceptors (Lipinski definition) is 5. The molecule has 0 fully saturated rings. The number of nitrogens with zero attached hydrogens (tertiary/aromatic N) is 2. The van der Waals surface area contributed by atoms with Crippen LogP contribution in [-0.4, -0.2) is 10.2 Å². The van der Waals surface area contributed by atoms with Crippen molar-refractivity contribution in [3.63, 3.8) is 0 Å². The number of benzene rings is 4. The van der Waals surface area contributed by atoms with Crippen molar-refractivity contribution < 1.29 is 0 Å². The Morgan fingerprint density at radius 1 is 0.424 bits per heavy atom. The van der Waals surface area contributed by atoms with Crippen LogP contribution in [0.5, 0.6) is 0 Å². The summed E-state index contributed by atoms with van der Waals surface area (Å²) in [6.07, 6.45) is 0. The van der Waals surface area contributed by atoms with Crippen LogP contribution in [0.25, 0.3) is 0 Å². The van der Waals surface area contributed by atoms with Crippen LogP contribution in [0.15, 0.2) is 130 Å². The molecule has 1 heterocycles. The summed E-state index contributed by atoms with van der Waals surface area (Å²) in [5.74, 6) is 0. The van der Waals surface area contributed by atoms with Gasteiger partial charge in [0.25, 0.3) is 0 Å². The number of rotatable bonds is 8. The second-order valence-corrected chi connectivity index (χ2v) is 11.2. The summed E-state index contributed by atoms with van der Waals surface area (Å²) in [6, 6.07) is 42.5. The third kappa shape index (κ3) is 5.56. The number of hydrogen-bond donors (Lipinski definition) is 0. The lowest BCUT2D eigenvalue weighted by atomic mass is 10.0. The van der Waals surface area contributed by atoms with E-state index < -0.39 is 0 Å². The molecule has 0 unspecified atom stereocenters. The van der Waals surface area contributed by atoms with Crippen molar-refractivity contribution >= 4 is 34.9 Å². The second-order valence-electron chi connectivity index (χ2n) is 7.47. The third-order valence-corrected chi connectivity index (χ3v) is 8.95. The van der Waals surface area contributed by atoms with Gasteiger partial charge in [-0.15, -0.1) is 10.2 Å². The van der Waals surface area contributed by atoms with E-state index >= 15 is 0 Å². The summed E-state index contributed by atoms with van der Waals surface area (Å²) in [4.78, 5) is 0. The van der Waals surface area contributed by atoms with E-state index in [9.17, 15) is 0 Å². The van der Waals surface area contributed by atoms with Crippen molar-refractivity contribution in [3.8, 4) is 0 Å². The van der Waals surface area contributed by atoms with Gasteiger partial charge in [0.2, 0.25) is 0 Å². The standard InChI is InChI=1S/C28H22N2S3/c1-5-13-21(14-6-1)25(22-15-7-2-8-16-22)31-27-29-30-28(33-27)32-26(23-17-9-3-10-18-23)24-19-11-4-12-20-24/h1-20,25-26H. The highest BCUT2D eigenvalue weighted by atomic mass is 32.2. The Kier molecular flexibility index (Phi) is 7.21. The molecule has 5 rings (SSSR count). The quantitative estimate of drug-likeness (QED) is 0.208. The van der Waals surface area contributed by atoms with Gasteiger partial charge in [-0.25, -0.2) is 0 Å². The Labute approximate surface area is 207 Å². The maximum Gasteiger partial charge on any atom is 0.176 e. The van der Waals surface area contributed by atoms with Crippen LogP contribution in [0, 0.1) is 0 Å². The van der Waals surface area contributed by atoms with Gasteiger partial charge in [-0.05, 0) is 22.3 Å². The van der Waals surface area contributed by atoms with Crippen LogP contribution in [0.1, 0.15) is 32.8 Å². The minimum atomic E-state index is 0.178. The van der Waals surface area contributed by atoms with Gasteiger partial charge in [0, 0.05) is 0 Å². The first kappa shape index (κ1) is 22.0. The second kappa shape index (κ2) is 10.8. The fourth-order valence-electron chi connectivity index (χ4n) is 3.66. The zero-order valence-corrected chi connectivity index (χ0v) is 20.3. The molecule has 0 amide bonds. The minimum Gasteiger partial charge on any atom is -0.131 e. The first-order valence-electron chi connectivity index (χ1n) is 10.7. The van der Waals surface area contributed by atoms with Gasteiger partial charge in [-0.3, -0.25) is 0 Å². The monoisotopic (exact) mass is 482 g/mol. The van der Waals surface area contributed by atoms with Crippen LogP contribution in [-0.2, 0) is 0 Å². The molecule has 0 spiro atoms. The molecule has 0 radical (unpaired) electrons. The van der Waals surface area contributed by atoms with Gasteiger partial charge in [0.15, 0.2) is 8.68 Å². The van der Waals surface area contributed by atoms with E-state index in [1.165, 1.54) is 22.3 Å². The maximum atomic E-state index is 4.56. The predicted octanol–water partition coefficient (Wildman–Crippen LogP) is 8.30. The molecule has 2 nitrogen and oxygen atoms in total. The molecular formula is C28H22N2S3. The van der Waals surface area contributed by atoms with Crippen molar-refractivity contribution in [2.24, 2.45) is 0 Å². The molecule has 0 aliphatic heterocycles. The molecule has 4 aromatic carbocycles. The molecule has 0 bridgehead atoms. The lowest BCUT2D eigenvalue weighted by molar-refractivity contribution is 0.948. The summed E-state index contributed by atoms with van der Waals surface area (Å²) in [5, 5.41) is 9.47. The van der Waals surface area contributed by atoms with Crippen LogP contribution in [0.4, 0.5) is 0 Å². The molecule has 0 aliphatic rings. The zero-order valence-electron chi connectivity index (χ0n) is 17.8. The van der Waals surface area contributed by atoms with Gasteiger partial charge in [0.1, 0.15) is 0 Å². The Balaban J connectivity index is 1.41. The highest BCUT2D eigenvalue weighted by Gasteiger charge is 2.21. The van der Waals surface area contributed by atoms with Crippen molar-refractivity contribution in [3.05, 3.63) is 144 Å². The predicted molar refractivity (Wildman–Crippen MR) is 141 cm³/mol. The maximum absolute atomic E-state index is 4.56. The number of aromatic nitrogens is 2. The van der Waals surface area contributed by atoms with Crippen molar-refractivity contribution in [1.82, 2.24) is 10.2 Å². The number of thioether (sulfide) groups is 2. The van der Waals surface area contributed by atoms with Crippen molar-refractivity contribution in [2.75, 3.05) is 0 Å². The zero-order chi connectivity index (χ0) is 22.3. The van der Waals surface area contributed by atoms with Crippen LogP contribution < -0.4 is 0 Å². The SMILES string of the molecule is c1ccc(C(Sc2nnc(SC(c3ccccc3)c3ccccc3)s2)c2ccccc2)cc1. The molecule has 5 heteroatoms. The van der Waals surface area contributed by atoms with Crippen LogP contribution in [0.2, 0.25) is 0 Å². The van der Waals surface area contributed by atoms with Crippen LogP contribution in [0.3, 0.4) is 0 Å². The topological polar surface area (TPSA) is 25.8 Å². The van der Waals surface area contributed by atoms with Gasteiger partial charge >= 0.3 is 0 Å². The molecule has 5 aromatic rings. The Morgan fingerprint density at radius 2 is 0.697 bits per heavy atom. The largest absolute Gasteiger partial charge is 0.176 e. The van der Waals surface area contributed by atoms with E-state index in [2.05, 4.69) is 132 Å². The fourth-order valence-corrected chi connectivity index (χ4v) is 7.32. The Bertz CT molecular complexity index is 1080. The summed E-state index contributed by atoms with van der Waals surface area (Å²) in [6.45, 7) is 0. The lowest BCUT2D eigenvalue weighted by Gasteiger charge is -2.16. The molecule has 0 saturated carbocycles. The summed E-state index contributed by atoms with van der Waals surface area (Å²) in [7, 11) is 0. The van der Waals surface area contributed by atoms with E-state index in [1.54, 1.807) is 34.9 Å². The third-order valence-electron chi connectivity index (χ3n) is 5.23. The smallest absolute Gasteiger partial charge is 0.131 e. The van der Waals surface area contributed by atoms with Gasteiger partial charge in [-0.2, -0.15) is 0 Å². The van der Waals surface area contributed by atoms with E-state index in [0.717, 1.165) is 8.68 Å². The molecule has 33 heavy (non-hydrogen) atoms. The van der Waals surface area contributed by atoms with Gasteiger partial charge in [-0.1, -0.05) is 156 Å². The first-order chi connectivity index (χ1) is 16.4. The van der Waals surface area contributed by atoms with E-state index in [4.69, 9.17) is 0 Å². The fraction of sp³-hybridized carbons (Fsp3) is 0.0714. The Hall–Kier alpha value is -2.86. The molecule has 0 saturated heterocycles. The average molecular weight is 483 g/mol. The van der Waals surface area contributed by atoms with E-state index in [1.807, 2.05) is 0 Å². The first-order valence-corrected chi connectivity index (χ1v) is 13.3. The minimum absolute atomic E-state index is 0.178. The Morgan fingerprint density at radius 3 is 0.970 bits per heavy atom. The van der Waals surface area contributed by atoms with Gasteiger partial charge < -0.3 is 0 Å². The molecule has 162 valence electrons. The van der Waals surface area contributed by atoms with E-state index in [0.29, 0.717) is 0 Å². The molecular weight excluding hydrogens is 461 g/mol. The molecule has 0 atom stereocenters. The normalized spacial score (nSPS) is 11.2. The molecule has 0 aliphatic carbocycles. The molecule has 1 aromatic heterocycles. The highest BCUT2D eigenvalue weighted by molar-refractivity contribution is 8.03. The summed E-state index contributed by atoms with van der Waals surface area (Å²) in [5.41, 5.74) is 5.07.